The van der Waals surface area contributed by atoms with Gasteiger partial charge in [-0.25, -0.2) is 0 Å². The molecule has 0 bridgehead atoms. The second-order valence-corrected chi connectivity index (χ2v) is 6.70. The standard InChI is InChI=1S/C17H23NO5/c1-16(2)22-10-17(11-23-16)8-18(9-17)15(19)13-6-5-12(20-3)7-14(13)21-4/h5-7H,8-11H2,1-4H3. The molecule has 0 aromatic heterocycles. The molecule has 1 spiro atoms. The summed E-state index contributed by atoms with van der Waals surface area (Å²) in [6.45, 7) is 6.31. The minimum atomic E-state index is -0.533. The summed E-state index contributed by atoms with van der Waals surface area (Å²) in [4.78, 5) is 14.5. The van der Waals surface area contributed by atoms with E-state index in [1.165, 1.54) is 0 Å². The molecule has 0 aliphatic carbocycles. The topological polar surface area (TPSA) is 57.2 Å². The molecule has 0 saturated carbocycles. The Balaban J connectivity index is 1.67. The van der Waals surface area contributed by atoms with E-state index in [4.69, 9.17) is 18.9 Å². The fraction of sp³-hybridized carbons (Fsp3) is 0.588. The van der Waals surface area contributed by atoms with Crippen LogP contribution in [0.15, 0.2) is 18.2 Å². The van der Waals surface area contributed by atoms with Gasteiger partial charge in [-0.2, -0.15) is 0 Å². The van der Waals surface area contributed by atoms with Crippen molar-refractivity contribution in [3.05, 3.63) is 23.8 Å². The van der Waals surface area contributed by atoms with E-state index in [-0.39, 0.29) is 11.3 Å². The van der Waals surface area contributed by atoms with Crippen molar-refractivity contribution < 1.29 is 23.7 Å². The number of rotatable bonds is 3. The average Bonchev–Trinajstić information content (AvgIpc) is 2.52. The lowest BCUT2D eigenvalue weighted by atomic mass is 9.80. The van der Waals surface area contributed by atoms with E-state index in [2.05, 4.69) is 0 Å². The third-order valence-corrected chi connectivity index (χ3v) is 4.43. The van der Waals surface area contributed by atoms with Crippen LogP contribution in [0.3, 0.4) is 0 Å². The fourth-order valence-electron chi connectivity index (χ4n) is 2.97. The summed E-state index contributed by atoms with van der Waals surface area (Å²) in [7, 11) is 3.13. The van der Waals surface area contributed by atoms with Crippen molar-refractivity contribution in [3.63, 3.8) is 0 Å². The monoisotopic (exact) mass is 321 g/mol. The molecule has 0 atom stereocenters. The molecule has 6 heteroatoms. The number of ether oxygens (including phenoxy) is 4. The van der Waals surface area contributed by atoms with Crippen LogP contribution in [0.4, 0.5) is 0 Å². The number of hydrogen-bond acceptors (Lipinski definition) is 5. The van der Waals surface area contributed by atoms with E-state index < -0.39 is 5.79 Å². The first-order valence-corrected chi connectivity index (χ1v) is 7.67. The summed E-state index contributed by atoms with van der Waals surface area (Å²) >= 11 is 0. The van der Waals surface area contributed by atoms with Crippen molar-refractivity contribution in [2.24, 2.45) is 5.41 Å². The number of hydrogen-bond donors (Lipinski definition) is 0. The zero-order valence-electron chi connectivity index (χ0n) is 14.0. The lowest BCUT2D eigenvalue weighted by Crippen LogP contribution is -2.65. The van der Waals surface area contributed by atoms with Crippen LogP contribution in [0.5, 0.6) is 11.5 Å². The quantitative estimate of drug-likeness (QED) is 0.851. The first-order valence-electron chi connectivity index (χ1n) is 7.67. The van der Waals surface area contributed by atoms with E-state index in [0.717, 1.165) is 0 Å². The van der Waals surface area contributed by atoms with Gasteiger partial charge < -0.3 is 23.8 Å². The largest absolute Gasteiger partial charge is 0.497 e. The highest BCUT2D eigenvalue weighted by molar-refractivity contribution is 5.97. The van der Waals surface area contributed by atoms with E-state index >= 15 is 0 Å². The van der Waals surface area contributed by atoms with Gasteiger partial charge in [0.2, 0.25) is 0 Å². The fourth-order valence-corrected chi connectivity index (χ4v) is 2.97. The maximum absolute atomic E-state index is 12.7. The highest BCUT2D eigenvalue weighted by atomic mass is 16.7. The van der Waals surface area contributed by atoms with E-state index in [0.29, 0.717) is 43.4 Å². The van der Waals surface area contributed by atoms with Crippen LogP contribution < -0.4 is 9.47 Å². The van der Waals surface area contributed by atoms with Gasteiger partial charge in [-0.15, -0.1) is 0 Å². The van der Waals surface area contributed by atoms with E-state index in [9.17, 15) is 4.79 Å². The molecule has 3 rings (SSSR count). The lowest BCUT2D eigenvalue weighted by molar-refractivity contribution is -0.301. The Kier molecular flexibility index (Phi) is 3.98. The Morgan fingerprint density at radius 2 is 1.78 bits per heavy atom. The van der Waals surface area contributed by atoms with Crippen molar-refractivity contribution in [2.75, 3.05) is 40.5 Å². The molecule has 1 aromatic rings. The molecule has 1 amide bonds. The van der Waals surface area contributed by atoms with E-state index in [1.807, 2.05) is 13.8 Å². The molecule has 2 heterocycles. The first-order chi connectivity index (χ1) is 10.9. The second-order valence-electron chi connectivity index (χ2n) is 6.70. The molecule has 2 fully saturated rings. The number of benzene rings is 1. The molecule has 1 aromatic carbocycles. The van der Waals surface area contributed by atoms with Gasteiger partial charge in [0.1, 0.15) is 11.5 Å². The van der Waals surface area contributed by atoms with Crippen LogP contribution in [-0.2, 0) is 9.47 Å². The molecule has 6 nitrogen and oxygen atoms in total. The molecule has 2 aliphatic rings. The summed E-state index contributed by atoms with van der Waals surface area (Å²) in [5, 5.41) is 0. The summed E-state index contributed by atoms with van der Waals surface area (Å²) < 4.78 is 21.9. The minimum Gasteiger partial charge on any atom is -0.497 e. The summed E-state index contributed by atoms with van der Waals surface area (Å²) in [5.74, 6) is 0.608. The van der Waals surface area contributed by atoms with Crippen LogP contribution in [0.2, 0.25) is 0 Å². The zero-order chi connectivity index (χ0) is 16.7. The van der Waals surface area contributed by atoms with E-state index in [1.54, 1.807) is 37.3 Å². The van der Waals surface area contributed by atoms with Gasteiger partial charge in [-0.05, 0) is 26.0 Å². The number of likely N-dealkylation sites (tertiary alicyclic amines) is 1. The summed E-state index contributed by atoms with van der Waals surface area (Å²) in [6.07, 6.45) is 0. The Labute approximate surface area is 136 Å². The van der Waals surface area contributed by atoms with Crippen molar-refractivity contribution in [2.45, 2.75) is 19.6 Å². The van der Waals surface area contributed by atoms with Gasteiger partial charge >= 0.3 is 0 Å². The van der Waals surface area contributed by atoms with Crippen LogP contribution in [0, 0.1) is 5.41 Å². The number of carbonyl (C=O) groups excluding carboxylic acids is 1. The van der Waals surface area contributed by atoms with Crippen molar-refractivity contribution in [3.8, 4) is 11.5 Å². The number of methoxy groups -OCH3 is 2. The maximum atomic E-state index is 12.7. The molecule has 0 N–H and O–H groups in total. The zero-order valence-corrected chi connectivity index (χ0v) is 14.0. The van der Waals surface area contributed by atoms with Crippen LogP contribution >= 0.6 is 0 Å². The molecule has 2 saturated heterocycles. The predicted molar refractivity (Wildman–Crippen MR) is 83.9 cm³/mol. The summed E-state index contributed by atoms with van der Waals surface area (Å²) in [6, 6.07) is 5.22. The Bertz CT molecular complexity index is 595. The highest BCUT2D eigenvalue weighted by Gasteiger charge is 2.50. The van der Waals surface area contributed by atoms with Crippen LogP contribution in [0.1, 0.15) is 24.2 Å². The minimum absolute atomic E-state index is 0.0417. The third-order valence-electron chi connectivity index (χ3n) is 4.43. The van der Waals surface area contributed by atoms with Crippen LogP contribution in [-0.4, -0.2) is 57.1 Å². The van der Waals surface area contributed by atoms with Crippen molar-refractivity contribution >= 4 is 5.91 Å². The molecule has 0 unspecified atom stereocenters. The number of carbonyl (C=O) groups is 1. The number of amides is 1. The molecule has 2 aliphatic heterocycles. The molecule has 23 heavy (non-hydrogen) atoms. The third kappa shape index (κ3) is 3.01. The molecular weight excluding hydrogens is 298 g/mol. The second kappa shape index (κ2) is 5.69. The van der Waals surface area contributed by atoms with Gasteiger partial charge in [0.05, 0.1) is 38.4 Å². The van der Waals surface area contributed by atoms with Gasteiger partial charge in [0, 0.05) is 19.2 Å². The van der Waals surface area contributed by atoms with Crippen molar-refractivity contribution in [1.82, 2.24) is 4.90 Å². The van der Waals surface area contributed by atoms with Gasteiger partial charge in [0.15, 0.2) is 5.79 Å². The van der Waals surface area contributed by atoms with Crippen molar-refractivity contribution in [1.29, 1.82) is 0 Å². The first kappa shape index (κ1) is 16.1. The molecular formula is C17H23NO5. The van der Waals surface area contributed by atoms with Gasteiger partial charge in [0.25, 0.3) is 5.91 Å². The van der Waals surface area contributed by atoms with Crippen LogP contribution in [0.25, 0.3) is 0 Å². The van der Waals surface area contributed by atoms with Gasteiger partial charge in [-0.3, -0.25) is 4.79 Å². The maximum Gasteiger partial charge on any atom is 0.257 e. The Morgan fingerprint density at radius 1 is 1.13 bits per heavy atom. The number of nitrogens with zero attached hydrogens (tertiary/aromatic N) is 1. The predicted octanol–water partition coefficient (Wildman–Crippen LogP) is 1.93. The molecule has 0 radical (unpaired) electrons. The Morgan fingerprint density at radius 3 is 2.35 bits per heavy atom. The molecule has 126 valence electrons. The average molecular weight is 321 g/mol. The van der Waals surface area contributed by atoms with Gasteiger partial charge in [-0.1, -0.05) is 0 Å². The normalized spacial score (nSPS) is 21.7. The lowest BCUT2D eigenvalue weighted by Gasteiger charge is -2.54. The highest BCUT2D eigenvalue weighted by Crippen LogP contribution is 2.39. The smallest absolute Gasteiger partial charge is 0.257 e. The Hall–Kier alpha value is -1.79. The summed E-state index contributed by atoms with van der Waals surface area (Å²) in [5.41, 5.74) is 0.464. The SMILES string of the molecule is COc1ccc(C(=O)N2CC3(COC(C)(C)OC3)C2)c(OC)c1.